The maximum absolute atomic E-state index is 13.5. The van der Waals surface area contributed by atoms with Crippen molar-refractivity contribution < 1.29 is 28.9 Å². The lowest BCUT2D eigenvalue weighted by Gasteiger charge is -2.45. The van der Waals surface area contributed by atoms with Crippen molar-refractivity contribution in [2.45, 2.75) is 56.5 Å². The fourth-order valence-corrected chi connectivity index (χ4v) is 5.27. The lowest BCUT2D eigenvalue weighted by atomic mass is 9.87. The molecule has 2 aromatic rings. The number of nitrogens with one attached hydrogen (secondary N) is 3. The number of hydrogen-bond donors (Lipinski definition) is 4. The van der Waals surface area contributed by atoms with Gasteiger partial charge in [-0.05, 0) is 45.0 Å². The average molecular weight is 509 g/mol. The fourth-order valence-electron chi connectivity index (χ4n) is 5.27. The Morgan fingerprint density at radius 1 is 1.16 bits per heavy atom. The number of amides is 2. The summed E-state index contributed by atoms with van der Waals surface area (Å²) >= 11 is 0. The summed E-state index contributed by atoms with van der Waals surface area (Å²) in [6.07, 6.45) is -0.335. The van der Waals surface area contributed by atoms with Gasteiger partial charge < -0.3 is 30.0 Å². The van der Waals surface area contributed by atoms with Crippen LogP contribution >= 0.6 is 0 Å². The van der Waals surface area contributed by atoms with E-state index in [9.17, 15) is 14.7 Å². The summed E-state index contributed by atoms with van der Waals surface area (Å²) in [5, 5.41) is 25.6. The highest BCUT2D eigenvalue weighted by molar-refractivity contribution is 6.00. The molecule has 0 saturated carbocycles. The number of guanidine groups is 1. The second kappa shape index (κ2) is 9.04. The summed E-state index contributed by atoms with van der Waals surface area (Å²) in [5.41, 5.74) is -0.275. The Morgan fingerprint density at radius 3 is 2.62 bits per heavy atom. The molecule has 5 rings (SSSR count). The van der Waals surface area contributed by atoms with E-state index in [1.54, 1.807) is 31.2 Å². The monoisotopic (exact) mass is 508 g/mol. The van der Waals surface area contributed by atoms with Crippen LogP contribution in [0.25, 0.3) is 0 Å². The number of carbonyl (C=O) groups is 2. The molecule has 37 heavy (non-hydrogen) atoms. The molecular formula is C27H32N4O6. The van der Waals surface area contributed by atoms with Crippen LogP contribution in [-0.2, 0) is 9.53 Å². The minimum atomic E-state index is -1.32. The normalized spacial score (nSPS) is 28.2. The molecule has 4 atom stereocenters. The first-order valence-electron chi connectivity index (χ1n) is 12.2. The number of carbonyl (C=O) groups excluding carboxylic acids is 2. The summed E-state index contributed by atoms with van der Waals surface area (Å²) in [7, 11) is 1.53. The van der Waals surface area contributed by atoms with Gasteiger partial charge in [0.05, 0.1) is 12.1 Å². The number of methoxy groups -OCH3 is 1. The van der Waals surface area contributed by atoms with E-state index in [1.165, 1.54) is 12.0 Å². The zero-order valence-corrected chi connectivity index (χ0v) is 21.3. The molecule has 0 radical (unpaired) electrons. The van der Waals surface area contributed by atoms with Gasteiger partial charge >= 0.3 is 0 Å². The number of benzene rings is 2. The second-order valence-electron chi connectivity index (χ2n) is 10.7. The van der Waals surface area contributed by atoms with Crippen LogP contribution in [0.2, 0.25) is 0 Å². The van der Waals surface area contributed by atoms with Gasteiger partial charge in [0.25, 0.3) is 5.91 Å². The lowest BCUT2D eigenvalue weighted by molar-refractivity contribution is -0.136. The lowest BCUT2D eigenvalue weighted by Crippen LogP contribution is -2.62. The molecule has 0 aliphatic carbocycles. The maximum atomic E-state index is 13.5. The first kappa shape index (κ1) is 25.0. The minimum Gasteiger partial charge on any atom is -0.490 e. The predicted molar refractivity (Wildman–Crippen MR) is 135 cm³/mol. The Bertz CT molecular complexity index is 1240. The Kier molecular flexibility index (Phi) is 6.12. The van der Waals surface area contributed by atoms with E-state index in [4.69, 9.17) is 19.6 Å². The van der Waals surface area contributed by atoms with Crippen molar-refractivity contribution in [3.05, 3.63) is 59.2 Å². The number of fused-ring (bicyclic) bond motifs is 2. The van der Waals surface area contributed by atoms with Crippen LogP contribution in [0.1, 0.15) is 60.8 Å². The van der Waals surface area contributed by atoms with Crippen molar-refractivity contribution in [2.75, 3.05) is 20.3 Å². The number of nitrogens with zero attached hydrogens (tertiary/aromatic N) is 1. The average Bonchev–Trinajstić information content (AvgIpc) is 2.84. The third kappa shape index (κ3) is 4.51. The molecule has 0 aromatic heterocycles. The molecule has 10 heteroatoms. The summed E-state index contributed by atoms with van der Waals surface area (Å²) in [6.45, 7) is 5.59. The van der Waals surface area contributed by atoms with Gasteiger partial charge in [-0.3, -0.25) is 19.9 Å². The summed E-state index contributed by atoms with van der Waals surface area (Å²) in [5.74, 6) is 0.494. The zero-order valence-electron chi connectivity index (χ0n) is 21.3. The third-order valence-electron chi connectivity index (χ3n) is 7.13. The number of ether oxygens (including phenoxy) is 3. The van der Waals surface area contributed by atoms with Crippen molar-refractivity contribution in [2.24, 2.45) is 0 Å². The van der Waals surface area contributed by atoms with Crippen molar-refractivity contribution in [1.82, 2.24) is 15.5 Å². The van der Waals surface area contributed by atoms with E-state index in [0.29, 0.717) is 28.2 Å². The highest BCUT2D eigenvalue weighted by atomic mass is 16.5. The second-order valence-corrected chi connectivity index (χ2v) is 10.7. The van der Waals surface area contributed by atoms with E-state index >= 15 is 0 Å². The molecule has 4 N–H and O–H groups in total. The van der Waals surface area contributed by atoms with Crippen LogP contribution in [0.15, 0.2) is 42.5 Å². The van der Waals surface area contributed by atoms with E-state index in [0.717, 1.165) is 0 Å². The van der Waals surface area contributed by atoms with Crippen LogP contribution in [0.4, 0.5) is 0 Å². The Morgan fingerprint density at radius 2 is 1.89 bits per heavy atom. The molecule has 1 fully saturated rings. The van der Waals surface area contributed by atoms with Crippen molar-refractivity contribution >= 4 is 17.8 Å². The number of rotatable bonds is 4. The quantitative estimate of drug-likeness (QED) is 0.498. The van der Waals surface area contributed by atoms with E-state index in [1.807, 2.05) is 32.0 Å². The summed E-state index contributed by atoms with van der Waals surface area (Å²) in [4.78, 5) is 28.1. The SMILES string of the molecule is COC1COc2ccc(C(=O)N[C@@H]3c4ccccc4OC[C@]3(C)O)cc2C1N1C(=N)NC(C)(C)CC1=O. The first-order valence-corrected chi connectivity index (χ1v) is 12.2. The standard InChI is InChI=1S/C27H32N4O6/c1-26(2)12-21(32)31(25(28)30-26)22-17-11-15(9-10-19(17)36-13-20(22)35-4)24(33)29-23-16-7-5-6-8-18(16)37-14-27(23,3)34/h5-11,20,22-23,34H,12-14H2,1-4H3,(H2,28,30)(H,29,33)/t20?,22?,23-,27+/m1/s1. The van der Waals surface area contributed by atoms with E-state index < -0.39 is 35.2 Å². The van der Waals surface area contributed by atoms with Gasteiger partial charge in [0, 0.05) is 35.8 Å². The van der Waals surface area contributed by atoms with Gasteiger partial charge in [-0.1, -0.05) is 18.2 Å². The summed E-state index contributed by atoms with van der Waals surface area (Å²) < 4.78 is 17.2. The van der Waals surface area contributed by atoms with E-state index in [-0.39, 0.29) is 31.5 Å². The molecule has 2 amide bonds. The molecule has 3 aliphatic heterocycles. The largest absolute Gasteiger partial charge is 0.490 e. The Labute approximate surface area is 215 Å². The Balaban J connectivity index is 1.48. The van der Waals surface area contributed by atoms with Gasteiger partial charge in [0.15, 0.2) is 5.96 Å². The first-order chi connectivity index (χ1) is 17.5. The smallest absolute Gasteiger partial charge is 0.251 e. The zero-order chi connectivity index (χ0) is 26.5. The van der Waals surface area contributed by atoms with Gasteiger partial charge in [0.1, 0.15) is 36.4 Å². The van der Waals surface area contributed by atoms with Crippen LogP contribution in [-0.4, -0.2) is 65.3 Å². The van der Waals surface area contributed by atoms with Gasteiger partial charge in [-0.2, -0.15) is 0 Å². The molecule has 196 valence electrons. The molecule has 10 nitrogen and oxygen atoms in total. The van der Waals surface area contributed by atoms with Gasteiger partial charge in [-0.25, -0.2) is 0 Å². The molecule has 1 saturated heterocycles. The topological polar surface area (TPSA) is 133 Å². The molecule has 3 heterocycles. The van der Waals surface area contributed by atoms with Gasteiger partial charge in [0.2, 0.25) is 5.91 Å². The maximum Gasteiger partial charge on any atom is 0.251 e. The van der Waals surface area contributed by atoms with Crippen LogP contribution < -0.4 is 20.1 Å². The highest BCUT2D eigenvalue weighted by Crippen LogP contribution is 2.41. The molecule has 0 spiro atoms. The van der Waals surface area contributed by atoms with Crippen molar-refractivity contribution in [3.8, 4) is 11.5 Å². The molecule has 2 unspecified atom stereocenters. The van der Waals surface area contributed by atoms with Crippen LogP contribution in [0.5, 0.6) is 11.5 Å². The minimum absolute atomic E-state index is 0.0223. The highest BCUT2D eigenvalue weighted by Gasteiger charge is 2.45. The van der Waals surface area contributed by atoms with Gasteiger partial charge in [-0.15, -0.1) is 0 Å². The fraction of sp³-hybridized carbons (Fsp3) is 0.444. The van der Waals surface area contributed by atoms with Crippen molar-refractivity contribution in [3.63, 3.8) is 0 Å². The molecule has 3 aliphatic rings. The van der Waals surface area contributed by atoms with E-state index in [2.05, 4.69) is 10.6 Å². The third-order valence-corrected chi connectivity index (χ3v) is 7.13. The Hall–Kier alpha value is -3.63. The number of para-hydroxylation sites is 1. The predicted octanol–water partition coefficient (Wildman–Crippen LogP) is 2.28. The number of hydrogen-bond acceptors (Lipinski definition) is 7. The van der Waals surface area contributed by atoms with Crippen LogP contribution in [0, 0.1) is 5.41 Å². The number of aliphatic hydroxyl groups is 1. The van der Waals surface area contributed by atoms with Crippen molar-refractivity contribution in [1.29, 1.82) is 5.41 Å². The molecular weight excluding hydrogens is 476 g/mol. The summed E-state index contributed by atoms with van der Waals surface area (Å²) in [6, 6.07) is 10.9. The molecule has 0 bridgehead atoms. The molecule has 2 aromatic carbocycles. The van der Waals surface area contributed by atoms with Crippen LogP contribution in [0.3, 0.4) is 0 Å².